The van der Waals surface area contributed by atoms with Crippen LogP contribution in [0.5, 0.6) is 0 Å². The van der Waals surface area contributed by atoms with Crippen molar-refractivity contribution in [3.63, 3.8) is 0 Å². The maximum atomic E-state index is 12.2. The summed E-state index contributed by atoms with van der Waals surface area (Å²) in [5.41, 5.74) is 0. The van der Waals surface area contributed by atoms with Gasteiger partial charge < -0.3 is 19.5 Å². The van der Waals surface area contributed by atoms with Crippen molar-refractivity contribution in [2.75, 3.05) is 39.3 Å². The van der Waals surface area contributed by atoms with Crippen molar-refractivity contribution in [1.82, 2.24) is 9.80 Å². The van der Waals surface area contributed by atoms with Crippen LogP contribution in [0, 0.1) is 0 Å². The van der Waals surface area contributed by atoms with Crippen LogP contribution in [0.15, 0.2) is 16.5 Å². The Labute approximate surface area is 118 Å². The van der Waals surface area contributed by atoms with E-state index >= 15 is 0 Å². The Morgan fingerprint density at radius 2 is 1.90 bits per heavy atom. The van der Waals surface area contributed by atoms with Crippen LogP contribution in [0.4, 0.5) is 0 Å². The third kappa shape index (κ3) is 3.82. The first-order valence-electron chi connectivity index (χ1n) is 7.06. The maximum Gasteiger partial charge on any atom is 0.289 e. The molecule has 1 aliphatic rings. The van der Waals surface area contributed by atoms with Crippen LogP contribution in [0.3, 0.4) is 0 Å². The molecule has 0 aliphatic carbocycles. The molecule has 0 bridgehead atoms. The van der Waals surface area contributed by atoms with E-state index in [2.05, 4.69) is 4.90 Å². The van der Waals surface area contributed by atoms with Crippen molar-refractivity contribution in [3.05, 3.63) is 23.7 Å². The SMILES string of the molecule is O=C(c1ccc(CO)o1)N1CCN(CCCCO)CC1. The molecular weight excluding hydrogens is 260 g/mol. The summed E-state index contributed by atoms with van der Waals surface area (Å²) in [6, 6.07) is 3.24. The fraction of sp³-hybridized carbons (Fsp3) is 0.643. The molecule has 0 unspecified atom stereocenters. The Hall–Kier alpha value is -1.37. The minimum absolute atomic E-state index is 0.111. The molecule has 1 aromatic rings. The summed E-state index contributed by atoms with van der Waals surface area (Å²) >= 11 is 0. The highest BCUT2D eigenvalue weighted by atomic mass is 16.4. The Morgan fingerprint density at radius 3 is 2.50 bits per heavy atom. The molecule has 1 aromatic heterocycles. The zero-order valence-electron chi connectivity index (χ0n) is 11.6. The van der Waals surface area contributed by atoms with E-state index in [-0.39, 0.29) is 19.1 Å². The van der Waals surface area contributed by atoms with E-state index in [4.69, 9.17) is 14.6 Å². The number of amides is 1. The third-order valence-electron chi connectivity index (χ3n) is 3.57. The molecule has 2 N–H and O–H groups in total. The highest BCUT2D eigenvalue weighted by molar-refractivity contribution is 5.91. The van der Waals surface area contributed by atoms with Crippen LogP contribution in [-0.2, 0) is 6.61 Å². The van der Waals surface area contributed by atoms with Gasteiger partial charge in [0.1, 0.15) is 12.4 Å². The number of aliphatic hydroxyl groups excluding tert-OH is 2. The minimum atomic E-state index is -0.189. The van der Waals surface area contributed by atoms with Crippen LogP contribution in [0.2, 0.25) is 0 Å². The smallest absolute Gasteiger partial charge is 0.289 e. The van der Waals surface area contributed by atoms with Crippen molar-refractivity contribution in [3.8, 4) is 0 Å². The van der Waals surface area contributed by atoms with Gasteiger partial charge in [-0.1, -0.05) is 0 Å². The second kappa shape index (κ2) is 7.42. The molecule has 2 heterocycles. The van der Waals surface area contributed by atoms with Crippen LogP contribution in [0.25, 0.3) is 0 Å². The second-order valence-electron chi connectivity index (χ2n) is 4.99. The molecule has 1 aliphatic heterocycles. The average molecular weight is 282 g/mol. The highest BCUT2D eigenvalue weighted by Crippen LogP contribution is 2.13. The lowest BCUT2D eigenvalue weighted by Crippen LogP contribution is -2.48. The fourth-order valence-electron chi connectivity index (χ4n) is 2.36. The quantitative estimate of drug-likeness (QED) is 0.734. The second-order valence-corrected chi connectivity index (χ2v) is 4.99. The predicted octanol–water partition coefficient (Wildman–Crippen LogP) is 0.302. The number of rotatable bonds is 6. The molecule has 0 spiro atoms. The van der Waals surface area contributed by atoms with E-state index in [0.717, 1.165) is 32.5 Å². The van der Waals surface area contributed by atoms with Gasteiger partial charge >= 0.3 is 0 Å². The summed E-state index contributed by atoms with van der Waals surface area (Å²) in [4.78, 5) is 16.3. The largest absolute Gasteiger partial charge is 0.453 e. The maximum absolute atomic E-state index is 12.2. The molecule has 0 saturated carbocycles. The van der Waals surface area contributed by atoms with Gasteiger partial charge in [0.25, 0.3) is 5.91 Å². The summed E-state index contributed by atoms with van der Waals surface area (Å²) in [5.74, 6) is 0.596. The number of unbranched alkanes of at least 4 members (excludes halogenated alkanes) is 1. The molecule has 1 saturated heterocycles. The lowest BCUT2D eigenvalue weighted by Gasteiger charge is -2.34. The molecule has 6 heteroatoms. The number of piperazine rings is 1. The first-order valence-corrected chi connectivity index (χ1v) is 7.06. The first-order chi connectivity index (χ1) is 9.74. The van der Waals surface area contributed by atoms with Crippen molar-refractivity contribution >= 4 is 5.91 Å². The zero-order valence-corrected chi connectivity index (χ0v) is 11.6. The number of aliphatic hydroxyl groups is 2. The van der Waals surface area contributed by atoms with Gasteiger partial charge in [-0.15, -0.1) is 0 Å². The molecule has 20 heavy (non-hydrogen) atoms. The predicted molar refractivity (Wildman–Crippen MR) is 73.3 cm³/mol. The lowest BCUT2D eigenvalue weighted by atomic mass is 10.2. The lowest BCUT2D eigenvalue weighted by molar-refractivity contribution is 0.0599. The van der Waals surface area contributed by atoms with E-state index in [0.29, 0.717) is 24.6 Å². The molecule has 1 amide bonds. The zero-order chi connectivity index (χ0) is 14.4. The van der Waals surface area contributed by atoms with E-state index in [9.17, 15) is 4.79 Å². The third-order valence-corrected chi connectivity index (χ3v) is 3.57. The van der Waals surface area contributed by atoms with E-state index in [1.165, 1.54) is 0 Å². The Balaban J connectivity index is 1.79. The Morgan fingerprint density at radius 1 is 1.15 bits per heavy atom. The number of nitrogens with zero attached hydrogens (tertiary/aromatic N) is 2. The van der Waals surface area contributed by atoms with Gasteiger partial charge in [-0.3, -0.25) is 9.69 Å². The molecule has 0 radical (unpaired) electrons. The number of carbonyl (C=O) groups excluding carboxylic acids is 1. The van der Waals surface area contributed by atoms with Gasteiger partial charge in [0, 0.05) is 32.8 Å². The van der Waals surface area contributed by atoms with Crippen molar-refractivity contribution in [2.45, 2.75) is 19.4 Å². The van der Waals surface area contributed by atoms with Crippen LogP contribution in [0.1, 0.15) is 29.2 Å². The van der Waals surface area contributed by atoms with Gasteiger partial charge in [-0.05, 0) is 31.5 Å². The average Bonchev–Trinajstić information content (AvgIpc) is 2.96. The van der Waals surface area contributed by atoms with E-state index in [1.54, 1.807) is 17.0 Å². The molecule has 2 rings (SSSR count). The first kappa shape index (κ1) is 15.0. The van der Waals surface area contributed by atoms with Crippen molar-refractivity contribution < 1.29 is 19.4 Å². The van der Waals surface area contributed by atoms with E-state index in [1.807, 2.05) is 0 Å². The molecule has 6 nitrogen and oxygen atoms in total. The van der Waals surface area contributed by atoms with Gasteiger partial charge in [-0.25, -0.2) is 0 Å². The topological polar surface area (TPSA) is 77.2 Å². The van der Waals surface area contributed by atoms with Gasteiger partial charge in [0.05, 0.1) is 0 Å². The van der Waals surface area contributed by atoms with Crippen LogP contribution in [-0.4, -0.2) is 65.3 Å². The van der Waals surface area contributed by atoms with Gasteiger partial charge in [-0.2, -0.15) is 0 Å². The van der Waals surface area contributed by atoms with Crippen LogP contribution >= 0.6 is 0 Å². The minimum Gasteiger partial charge on any atom is -0.453 e. The van der Waals surface area contributed by atoms with Gasteiger partial charge in [0.15, 0.2) is 5.76 Å². The van der Waals surface area contributed by atoms with Crippen molar-refractivity contribution in [1.29, 1.82) is 0 Å². The van der Waals surface area contributed by atoms with Crippen molar-refractivity contribution in [2.24, 2.45) is 0 Å². The fourth-order valence-corrected chi connectivity index (χ4v) is 2.36. The Kier molecular flexibility index (Phi) is 5.58. The number of furan rings is 1. The summed E-state index contributed by atoms with van der Waals surface area (Å²) in [6.45, 7) is 4.10. The molecule has 0 aromatic carbocycles. The summed E-state index contributed by atoms with van der Waals surface area (Å²) in [7, 11) is 0. The molecule has 1 fully saturated rings. The standard InChI is InChI=1S/C14H22N2O4/c17-10-2-1-5-15-6-8-16(9-7-15)14(19)13-4-3-12(11-18)20-13/h3-4,17-18H,1-2,5-11H2. The summed E-state index contributed by atoms with van der Waals surface area (Å²) in [6.07, 6.45) is 1.82. The molecule has 0 atom stereocenters. The Bertz CT molecular complexity index is 425. The summed E-state index contributed by atoms with van der Waals surface area (Å²) < 4.78 is 5.27. The molecular formula is C14H22N2O4. The number of carbonyl (C=O) groups is 1. The molecule has 112 valence electrons. The van der Waals surface area contributed by atoms with Crippen LogP contribution < -0.4 is 0 Å². The van der Waals surface area contributed by atoms with E-state index < -0.39 is 0 Å². The van der Waals surface area contributed by atoms with Gasteiger partial charge in [0.2, 0.25) is 0 Å². The normalized spacial score (nSPS) is 16.6. The highest BCUT2D eigenvalue weighted by Gasteiger charge is 2.23. The number of hydrogen-bond acceptors (Lipinski definition) is 5. The number of hydrogen-bond donors (Lipinski definition) is 2. The monoisotopic (exact) mass is 282 g/mol. The summed E-state index contributed by atoms with van der Waals surface area (Å²) in [5, 5.41) is 17.7.